The molecule has 4 aromatic rings. The lowest BCUT2D eigenvalue weighted by molar-refractivity contribution is -0.142. The van der Waals surface area contributed by atoms with Crippen LogP contribution in [0, 0.1) is 0 Å². The molecule has 1 aliphatic rings. The van der Waals surface area contributed by atoms with Crippen LogP contribution in [0.5, 0.6) is 0 Å². The van der Waals surface area contributed by atoms with E-state index in [1.807, 2.05) is 91.0 Å². The number of carboxylic acid groups (broad SMARTS) is 1. The van der Waals surface area contributed by atoms with Crippen molar-refractivity contribution in [2.75, 3.05) is 6.61 Å². The zero-order valence-corrected chi connectivity index (χ0v) is 18.9. The van der Waals surface area contributed by atoms with Crippen LogP contribution in [0.4, 0.5) is 4.79 Å². The zero-order chi connectivity index (χ0) is 24.4. The van der Waals surface area contributed by atoms with E-state index in [2.05, 4.69) is 5.32 Å². The average molecular weight is 468 g/mol. The number of hydrogen-bond donors (Lipinski definition) is 3. The Bertz CT molecular complexity index is 1350. The van der Waals surface area contributed by atoms with Crippen LogP contribution >= 0.6 is 0 Å². The molecule has 3 N–H and O–H groups in total. The van der Waals surface area contributed by atoms with Crippen LogP contribution < -0.4 is 5.32 Å². The predicted molar refractivity (Wildman–Crippen MR) is 133 cm³/mol. The number of amides is 1. The van der Waals surface area contributed by atoms with Crippen molar-refractivity contribution in [2.24, 2.45) is 0 Å². The lowest BCUT2D eigenvalue weighted by Crippen LogP contribution is -2.49. The van der Waals surface area contributed by atoms with Gasteiger partial charge in [0.15, 0.2) is 6.04 Å². The fraction of sp³-hybridized carbons (Fsp3) is 0.172. The first-order chi connectivity index (χ1) is 17.0. The molecule has 0 heterocycles. The minimum absolute atomic E-state index is 0.0611. The van der Waals surface area contributed by atoms with Gasteiger partial charge in [-0.05, 0) is 38.6 Å². The van der Waals surface area contributed by atoms with Gasteiger partial charge in [-0.2, -0.15) is 0 Å². The number of hydrogen-bond acceptors (Lipinski definition) is 4. The number of aliphatic hydroxyl groups excluding tert-OH is 1. The highest BCUT2D eigenvalue weighted by Crippen LogP contribution is 2.44. The first-order valence-corrected chi connectivity index (χ1v) is 11.5. The van der Waals surface area contributed by atoms with Crippen molar-refractivity contribution >= 4 is 22.8 Å². The highest BCUT2D eigenvalue weighted by molar-refractivity contribution is 5.86. The second-order valence-electron chi connectivity index (χ2n) is 8.70. The number of carbonyl (C=O) groups excluding carboxylic acids is 1. The molecule has 4 aromatic carbocycles. The quantitative estimate of drug-likeness (QED) is 0.365. The summed E-state index contributed by atoms with van der Waals surface area (Å²) in [4.78, 5) is 24.5. The van der Waals surface area contributed by atoms with Crippen LogP contribution in [0.15, 0.2) is 91.0 Å². The van der Waals surface area contributed by atoms with E-state index < -0.39 is 24.2 Å². The maximum absolute atomic E-state index is 12.6. The molecule has 5 rings (SSSR count). The first-order valence-electron chi connectivity index (χ1n) is 11.5. The number of carboxylic acids is 1. The van der Waals surface area contributed by atoms with Gasteiger partial charge < -0.3 is 20.3 Å². The Morgan fingerprint density at radius 1 is 0.829 bits per heavy atom. The Morgan fingerprint density at radius 3 is 2.11 bits per heavy atom. The highest BCUT2D eigenvalue weighted by atomic mass is 16.5. The fourth-order valence-corrected chi connectivity index (χ4v) is 4.90. The molecule has 35 heavy (non-hydrogen) atoms. The summed E-state index contributed by atoms with van der Waals surface area (Å²) < 4.78 is 5.47. The van der Waals surface area contributed by atoms with E-state index in [1.54, 1.807) is 0 Å². The maximum atomic E-state index is 12.6. The van der Waals surface area contributed by atoms with Gasteiger partial charge in [0.2, 0.25) is 0 Å². The van der Waals surface area contributed by atoms with E-state index in [1.165, 1.54) is 0 Å². The molecular weight excluding hydrogens is 442 g/mol. The van der Waals surface area contributed by atoms with Crippen molar-refractivity contribution in [2.45, 2.75) is 24.5 Å². The maximum Gasteiger partial charge on any atom is 0.407 e. The van der Waals surface area contributed by atoms with Crippen molar-refractivity contribution in [3.05, 3.63) is 108 Å². The van der Waals surface area contributed by atoms with E-state index in [4.69, 9.17) is 4.74 Å². The zero-order valence-electron chi connectivity index (χ0n) is 18.9. The minimum atomic E-state index is -1.51. The van der Waals surface area contributed by atoms with Gasteiger partial charge in [0.25, 0.3) is 0 Å². The van der Waals surface area contributed by atoms with Gasteiger partial charge in [-0.3, -0.25) is 0 Å². The summed E-state index contributed by atoms with van der Waals surface area (Å²) in [7, 11) is 0. The summed E-state index contributed by atoms with van der Waals surface area (Å²) in [5, 5.41) is 24.7. The standard InChI is InChI=1S/C29H25NO5/c31-26(16-19-10-7-9-18-8-1-2-11-20(18)19)27(28(32)33)30-29(34)35-17-25-23-14-5-3-12-21(23)22-13-4-6-15-24(22)25/h1-15,25-27,31H,16-17H2,(H,30,34)(H,32,33). The van der Waals surface area contributed by atoms with Crippen LogP contribution in [-0.4, -0.2) is 41.0 Å². The number of carbonyl (C=O) groups is 2. The third-order valence-corrected chi connectivity index (χ3v) is 6.58. The third kappa shape index (κ3) is 4.48. The number of aliphatic carboxylic acids is 1. The Hall–Kier alpha value is -4.16. The molecule has 0 bridgehead atoms. The van der Waals surface area contributed by atoms with Crippen molar-refractivity contribution in [1.29, 1.82) is 0 Å². The average Bonchev–Trinajstić information content (AvgIpc) is 3.19. The van der Waals surface area contributed by atoms with Crippen molar-refractivity contribution in [3.8, 4) is 11.1 Å². The normalized spacial score (nSPS) is 14.1. The summed E-state index contributed by atoms with van der Waals surface area (Å²) in [6.45, 7) is 0.0611. The predicted octanol–water partition coefficient (Wildman–Crippen LogP) is 4.74. The number of alkyl carbamates (subject to hydrolysis) is 1. The van der Waals surface area contributed by atoms with Gasteiger partial charge in [0, 0.05) is 12.3 Å². The third-order valence-electron chi connectivity index (χ3n) is 6.58. The van der Waals surface area contributed by atoms with E-state index in [0.717, 1.165) is 38.6 Å². The second kappa shape index (κ2) is 9.60. The first kappa shape index (κ1) is 22.6. The van der Waals surface area contributed by atoms with Crippen molar-refractivity contribution in [3.63, 3.8) is 0 Å². The van der Waals surface area contributed by atoms with Crippen LogP contribution in [-0.2, 0) is 16.0 Å². The van der Waals surface area contributed by atoms with Crippen LogP contribution in [0.2, 0.25) is 0 Å². The number of fused-ring (bicyclic) bond motifs is 4. The van der Waals surface area contributed by atoms with Crippen molar-refractivity contribution < 1.29 is 24.5 Å². The van der Waals surface area contributed by atoms with Crippen LogP contribution in [0.3, 0.4) is 0 Å². The Labute approximate surface area is 202 Å². The topological polar surface area (TPSA) is 95.9 Å². The summed E-state index contributed by atoms with van der Waals surface area (Å²) >= 11 is 0. The van der Waals surface area contributed by atoms with Gasteiger partial charge in [-0.25, -0.2) is 9.59 Å². The summed E-state index contributed by atoms with van der Waals surface area (Å²) in [5.74, 6) is -1.47. The van der Waals surface area contributed by atoms with E-state index in [-0.39, 0.29) is 18.9 Å². The SMILES string of the molecule is O=C(NC(C(=O)O)C(O)Cc1cccc2ccccc12)OCC1c2ccccc2-c2ccccc21. The largest absolute Gasteiger partial charge is 0.480 e. The number of benzene rings is 4. The Kier molecular flexibility index (Phi) is 6.21. The molecule has 1 amide bonds. The molecule has 0 aromatic heterocycles. The van der Waals surface area contributed by atoms with E-state index >= 15 is 0 Å². The van der Waals surface area contributed by atoms with Gasteiger partial charge in [-0.1, -0.05) is 91.0 Å². The molecule has 0 saturated heterocycles. The smallest absolute Gasteiger partial charge is 0.407 e. The highest BCUT2D eigenvalue weighted by Gasteiger charge is 2.32. The molecule has 0 radical (unpaired) electrons. The molecular formula is C29H25NO5. The molecule has 1 aliphatic carbocycles. The summed E-state index contributed by atoms with van der Waals surface area (Å²) in [6.07, 6.45) is -2.14. The van der Waals surface area contributed by atoms with Crippen LogP contribution in [0.1, 0.15) is 22.6 Å². The number of rotatable bonds is 7. The molecule has 2 unspecified atom stereocenters. The summed E-state index contributed by atoms with van der Waals surface area (Å²) in [5.41, 5.74) is 5.13. The van der Waals surface area contributed by atoms with Gasteiger partial charge >= 0.3 is 12.1 Å². The second-order valence-corrected chi connectivity index (χ2v) is 8.70. The molecule has 176 valence electrons. The van der Waals surface area contributed by atoms with Crippen molar-refractivity contribution in [1.82, 2.24) is 5.32 Å². The number of ether oxygens (including phenoxy) is 1. The molecule has 6 heteroatoms. The lowest BCUT2D eigenvalue weighted by Gasteiger charge is -2.22. The van der Waals surface area contributed by atoms with Gasteiger partial charge in [0.1, 0.15) is 6.61 Å². The minimum Gasteiger partial charge on any atom is -0.480 e. The summed E-state index contributed by atoms with van der Waals surface area (Å²) in [6, 6.07) is 27.8. The lowest BCUT2D eigenvalue weighted by atomic mass is 9.97. The molecule has 2 atom stereocenters. The fourth-order valence-electron chi connectivity index (χ4n) is 4.90. The van der Waals surface area contributed by atoms with Gasteiger partial charge in [-0.15, -0.1) is 0 Å². The number of nitrogens with one attached hydrogen (secondary N) is 1. The Morgan fingerprint density at radius 2 is 1.43 bits per heavy atom. The molecule has 0 spiro atoms. The molecule has 0 aliphatic heterocycles. The van der Waals surface area contributed by atoms with E-state index in [0.29, 0.717) is 0 Å². The molecule has 0 fully saturated rings. The van der Waals surface area contributed by atoms with E-state index in [9.17, 15) is 19.8 Å². The van der Waals surface area contributed by atoms with Crippen LogP contribution in [0.25, 0.3) is 21.9 Å². The number of aliphatic hydroxyl groups is 1. The molecule has 0 saturated carbocycles. The molecule has 6 nitrogen and oxygen atoms in total. The van der Waals surface area contributed by atoms with Gasteiger partial charge in [0.05, 0.1) is 6.10 Å². The Balaban J connectivity index is 1.27. The monoisotopic (exact) mass is 467 g/mol.